The first-order valence-corrected chi connectivity index (χ1v) is 7.42. The molecule has 2 rings (SSSR count). The van der Waals surface area contributed by atoms with Crippen molar-refractivity contribution < 1.29 is 9.53 Å². The first kappa shape index (κ1) is 16.1. The Balaban J connectivity index is 1.99. The highest BCUT2D eigenvalue weighted by molar-refractivity contribution is 5.94. The molecule has 0 aliphatic heterocycles. The summed E-state index contributed by atoms with van der Waals surface area (Å²) in [6.45, 7) is 7.08. The third-order valence-electron chi connectivity index (χ3n) is 3.60. The van der Waals surface area contributed by atoms with Gasteiger partial charge in [-0.25, -0.2) is 0 Å². The molecule has 0 spiro atoms. The van der Waals surface area contributed by atoms with Crippen LogP contribution < -0.4 is 10.1 Å². The van der Waals surface area contributed by atoms with Gasteiger partial charge in [0.1, 0.15) is 5.75 Å². The molecule has 2 aromatic carbocycles. The molecule has 0 aromatic heterocycles. The van der Waals surface area contributed by atoms with Gasteiger partial charge in [0.25, 0.3) is 5.91 Å². The molecule has 0 bridgehead atoms. The van der Waals surface area contributed by atoms with Crippen LogP contribution in [0.5, 0.6) is 5.75 Å². The fourth-order valence-corrected chi connectivity index (χ4v) is 2.17. The first-order chi connectivity index (χ1) is 10.4. The Bertz CT molecular complexity index is 639. The van der Waals surface area contributed by atoms with Crippen molar-refractivity contribution in [2.75, 3.05) is 7.11 Å². The average molecular weight is 297 g/mol. The molecule has 2 aromatic rings. The molecule has 0 aliphatic carbocycles. The third kappa shape index (κ3) is 4.10. The molecule has 3 nitrogen and oxygen atoms in total. The van der Waals surface area contributed by atoms with Gasteiger partial charge in [0.2, 0.25) is 0 Å². The molecule has 3 heteroatoms. The summed E-state index contributed by atoms with van der Waals surface area (Å²) in [7, 11) is 1.59. The summed E-state index contributed by atoms with van der Waals surface area (Å²) < 4.78 is 5.13. The Hall–Kier alpha value is -2.29. The molecule has 1 N–H and O–H groups in total. The van der Waals surface area contributed by atoms with Crippen molar-refractivity contribution in [2.24, 2.45) is 0 Å². The van der Waals surface area contributed by atoms with Crippen molar-refractivity contribution in [1.29, 1.82) is 0 Å². The van der Waals surface area contributed by atoms with E-state index in [0.29, 0.717) is 17.9 Å². The van der Waals surface area contributed by atoms with Crippen LogP contribution in [0.2, 0.25) is 0 Å². The maximum Gasteiger partial charge on any atom is 0.251 e. The van der Waals surface area contributed by atoms with Crippen molar-refractivity contribution in [3.63, 3.8) is 0 Å². The number of carbonyl (C=O) groups is 1. The lowest BCUT2D eigenvalue weighted by atomic mass is 9.87. The van der Waals surface area contributed by atoms with Crippen molar-refractivity contribution in [2.45, 2.75) is 32.7 Å². The van der Waals surface area contributed by atoms with Crippen molar-refractivity contribution >= 4 is 5.91 Å². The third-order valence-corrected chi connectivity index (χ3v) is 3.60. The van der Waals surface area contributed by atoms with Gasteiger partial charge in [0.15, 0.2) is 0 Å². The van der Waals surface area contributed by atoms with Crippen LogP contribution >= 0.6 is 0 Å². The standard InChI is InChI=1S/C19H23NO2/c1-19(2,3)16-10-8-14(9-11-16)13-20-18(21)15-6-5-7-17(12-15)22-4/h5-12H,13H2,1-4H3,(H,20,21). The highest BCUT2D eigenvalue weighted by atomic mass is 16.5. The Morgan fingerprint density at radius 1 is 1.09 bits per heavy atom. The van der Waals surface area contributed by atoms with Gasteiger partial charge in [0, 0.05) is 12.1 Å². The second-order valence-electron chi connectivity index (χ2n) is 6.36. The second kappa shape index (κ2) is 6.65. The normalized spacial score (nSPS) is 11.1. The van der Waals surface area contributed by atoms with E-state index in [1.54, 1.807) is 19.2 Å². The van der Waals surface area contributed by atoms with E-state index >= 15 is 0 Å². The molecule has 0 saturated carbocycles. The van der Waals surface area contributed by atoms with E-state index in [1.807, 2.05) is 12.1 Å². The minimum Gasteiger partial charge on any atom is -0.497 e. The summed E-state index contributed by atoms with van der Waals surface area (Å²) in [5.74, 6) is 0.584. The van der Waals surface area contributed by atoms with Crippen molar-refractivity contribution in [3.05, 3.63) is 65.2 Å². The van der Waals surface area contributed by atoms with Crippen LogP contribution in [0.3, 0.4) is 0 Å². The number of methoxy groups -OCH3 is 1. The van der Waals surface area contributed by atoms with Gasteiger partial charge >= 0.3 is 0 Å². The first-order valence-electron chi connectivity index (χ1n) is 7.42. The number of carbonyl (C=O) groups excluding carboxylic acids is 1. The van der Waals surface area contributed by atoms with Crippen LogP contribution in [0.25, 0.3) is 0 Å². The molecule has 116 valence electrons. The number of nitrogens with one attached hydrogen (secondary N) is 1. The fourth-order valence-electron chi connectivity index (χ4n) is 2.17. The van der Waals surface area contributed by atoms with Gasteiger partial charge in [0.05, 0.1) is 7.11 Å². The Morgan fingerprint density at radius 3 is 2.36 bits per heavy atom. The zero-order chi connectivity index (χ0) is 16.2. The van der Waals surface area contributed by atoms with Crippen molar-refractivity contribution in [3.8, 4) is 5.75 Å². The summed E-state index contributed by atoms with van der Waals surface area (Å²) >= 11 is 0. The largest absolute Gasteiger partial charge is 0.497 e. The van der Waals surface area contributed by atoms with Crippen LogP contribution in [0, 0.1) is 0 Å². The van der Waals surface area contributed by atoms with E-state index in [2.05, 4.69) is 50.4 Å². The zero-order valence-electron chi connectivity index (χ0n) is 13.6. The topological polar surface area (TPSA) is 38.3 Å². The predicted molar refractivity (Wildman–Crippen MR) is 89.3 cm³/mol. The van der Waals surface area contributed by atoms with E-state index in [4.69, 9.17) is 4.74 Å². The fraction of sp³-hybridized carbons (Fsp3) is 0.316. The molecule has 0 radical (unpaired) electrons. The van der Waals surface area contributed by atoms with E-state index in [0.717, 1.165) is 5.56 Å². The predicted octanol–water partition coefficient (Wildman–Crippen LogP) is 3.92. The van der Waals surface area contributed by atoms with Crippen molar-refractivity contribution in [1.82, 2.24) is 5.32 Å². The molecule has 0 fully saturated rings. The average Bonchev–Trinajstić information content (AvgIpc) is 2.52. The molecule has 22 heavy (non-hydrogen) atoms. The van der Waals surface area contributed by atoms with Gasteiger partial charge in [-0.15, -0.1) is 0 Å². The van der Waals surface area contributed by atoms with E-state index < -0.39 is 0 Å². The van der Waals surface area contributed by atoms with Gasteiger partial charge in [-0.05, 0) is 34.7 Å². The maximum absolute atomic E-state index is 12.1. The van der Waals surface area contributed by atoms with E-state index in [-0.39, 0.29) is 11.3 Å². The molecule has 0 saturated heterocycles. The highest BCUT2D eigenvalue weighted by Crippen LogP contribution is 2.22. The number of hydrogen-bond donors (Lipinski definition) is 1. The molecule has 0 aliphatic rings. The molecule has 0 unspecified atom stereocenters. The van der Waals surface area contributed by atoms with E-state index in [9.17, 15) is 4.79 Å². The zero-order valence-corrected chi connectivity index (χ0v) is 13.6. The molecule has 1 amide bonds. The van der Waals surface area contributed by atoms with Gasteiger partial charge in [-0.1, -0.05) is 51.1 Å². The number of ether oxygens (including phenoxy) is 1. The summed E-state index contributed by atoms with van der Waals surface area (Å²) in [5.41, 5.74) is 3.12. The number of hydrogen-bond acceptors (Lipinski definition) is 2. The lowest BCUT2D eigenvalue weighted by molar-refractivity contribution is 0.0950. The highest BCUT2D eigenvalue weighted by Gasteiger charge is 2.13. The van der Waals surface area contributed by atoms with Crippen LogP contribution in [0.15, 0.2) is 48.5 Å². The Kier molecular flexibility index (Phi) is 4.86. The van der Waals surface area contributed by atoms with Gasteiger partial charge < -0.3 is 10.1 Å². The van der Waals surface area contributed by atoms with Gasteiger partial charge in [-0.2, -0.15) is 0 Å². The molecule has 0 heterocycles. The molecular weight excluding hydrogens is 274 g/mol. The second-order valence-corrected chi connectivity index (χ2v) is 6.36. The summed E-state index contributed by atoms with van der Waals surface area (Å²) in [5, 5.41) is 2.93. The molecule has 0 atom stereocenters. The van der Waals surface area contributed by atoms with Gasteiger partial charge in [-0.3, -0.25) is 4.79 Å². The minimum absolute atomic E-state index is 0.0983. The lowest BCUT2D eigenvalue weighted by Gasteiger charge is -2.19. The maximum atomic E-state index is 12.1. The lowest BCUT2D eigenvalue weighted by Crippen LogP contribution is -2.22. The van der Waals surface area contributed by atoms with Crippen LogP contribution in [-0.2, 0) is 12.0 Å². The SMILES string of the molecule is COc1cccc(C(=O)NCc2ccc(C(C)(C)C)cc2)c1. The number of amides is 1. The quantitative estimate of drug-likeness (QED) is 0.928. The van der Waals surface area contributed by atoms with Crippen LogP contribution in [-0.4, -0.2) is 13.0 Å². The van der Waals surface area contributed by atoms with E-state index in [1.165, 1.54) is 5.56 Å². The summed E-state index contributed by atoms with van der Waals surface area (Å²) in [6, 6.07) is 15.5. The van der Waals surface area contributed by atoms with Crippen LogP contribution in [0.1, 0.15) is 42.3 Å². The number of benzene rings is 2. The smallest absolute Gasteiger partial charge is 0.251 e. The molecular formula is C19H23NO2. The Labute approximate surface area is 132 Å². The monoisotopic (exact) mass is 297 g/mol. The van der Waals surface area contributed by atoms with Crippen LogP contribution in [0.4, 0.5) is 0 Å². The summed E-state index contributed by atoms with van der Waals surface area (Å²) in [6.07, 6.45) is 0. The number of rotatable bonds is 4. The Morgan fingerprint density at radius 2 is 1.77 bits per heavy atom. The summed E-state index contributed by atoms with van der Waals surface area (Å²) in [4.78, 5) is 12.1. The minimum atomic E-state index is -0.0983.